The van der Waals surface area contributed by atoms with Gasteiger partial charge in [-0.2, -0.15) is 0 Å². The molecule has 0 saturated carbocycles. The number of urea groups is 1. The van der Waals surface area contributed by atoms with Crippen molar-refractivity contribution in [2.75, 3.05) is 18.1 Å². The van der Waals surface area contributed by atoms with Gasteiger partial charge < -0.3 is 9.47 Å². The molecule has 0 spiro atoms. The van der Waals surface area contributed by atoms with E-state index in [2.05, 4.69) is 27.2 Å². The summed E-state index contributed by atoms with van der Waals surface area (Å²) in [6.45, 7) is 3.93. The monoisotopic (exact) mass is 516 g/mol. The second-order valence-electron chi connectivity index (χ2n) is 6.64. The number of terminal acetylenes is 1. The van der Waals surface area contributed by atoms with Crippen LogP contribution < -0.4 is 19.7 Å². The lowest BCUT2D eigenvalue weighted by molar-refractivity contribution is -0.122. The molecule has 32 heavy (non-hydrogen) atoms. The molecule has 2 aromatic rings. The number of hydrogen-bond acceptors (Lipinski definition) is 5. The van der Waals surface area contributed by atoms with E-state index in [-0.39, 0.29) is 17.9 Å². The molecule has 2 aromatic carbocycles. The number of nitrogens with one attached hydrogen (secondary N) is 1. The van der Waals surface area contributed by atoms with Gasteiger partial charge >= 0.3 is 6.03 Å². The van der Waals surface area contributed by atoms with Crippen LogP contribution in [0.5, 0.6) is 11.5 Å². The number of carbonyl (C=O) groups is 3. The Bertz CT molecular complexity index is 1190. The number of halogens is 2. The fourth-order valence-electron chi connectivity index (χ4n) is 3.05. The molecule has 1 heterocycles. The zero-order valence-electron chi connectivity index (χ0n) is 17.2. The van der Waals surface area contributed by atoms with Crippen LogP contribution in [0.3, 0.4) is 0 Å². The van der Waals surface area contributed by atoms with E-state index in [4.69, 9.17) is 27.5 Å². The van der Waals surface area contributed by atoms with Crippen molar-refractivity contribution in [2.24, 2.45) is 0 Å². The zero-order valence-corrected chi connectivity index (χ0v) is 19.5. The zero-order chi connectivity index (χ0) is 23.4. The second-order valence-corrected chi connectivity index (χ2v) is 7.94. The van der Waals surface area contributed by atoms with Gasteiger partial charge in [0, 0.05) is 5.02 Å². The minimum Gasteiger partial charge on any atom is -0.490 e. The first-order chi connectivity index (χ1) is 15.3. The van der Waals surface area contributed by atoms with Crippen LogP contribution in [-0.4, -0.2) is 31.1 Å². The molecule has 1 saturated heterocycles. The van der Waals surface area contributed by atoms with Gasteiger partial charge in [0.15, 0.2) is 11.5 Å². The molecule has 164 valence electrons. The van der Waals surface area contributed by atoms with Gasteiger partial charge in [0.05, 0.1) is 16.8 Å². The third kappa shape index (κ3) is 4.79. The molecule has 0 aromatic heterocycles. The maximum absolute atomic E-state index is 13.2. The normalized spacial score (nSPS) is 14.9. The summed E-state index contributed by atoms with van der Waals surface area (Å²) in [6, 6.07) is 7.22. The first kappa shape index (κ1) is 23.4. The number of amides is 4. The number of anilines is 1. The molecule has 1 N–H and O–H groups in total. The van der Waals surface area contributed by atoms with Gasteiger partial charge in [-0.15, -0.1) is 6.42 Å². The van der Waals surface area contributed by atoms with Crippen molar-refractivity contribution < 1.29 is 23.9 Å². The molecule has 1 fully saturated rings. The van der Waals surface area contributed by atoms with Gasteiger partial charge in [0.2, 0.25) is 0 Å². The van der Waals surface area contributed by atoms with E-state index in [1.165, 1.54) is 12.1 Å². The van der Waals surface area contributed by atoms with Crippen molar-refractivity contribution in [2.45, 2.75) is 13.8 Å². The highest BCUT2D eigenvalue weighted by molar-refractivity contribution is 9.10. The molecule has 0 atom stereocenters. The maximum atomic E-state index is 13.2. The van der Waals surface area contributed by atoms with E-state index in [0.29, 0.717) is 38.7 Å². The van der Waals surface area contributed by atoms with E-state index < -0.39 is 17.8 Å². The van der Waals surface area contributed by atoms with Crippen LogP contribution in [0.4, 0.5) is 10.5 Å². The molecule has 4 amide bonds. The van der Waals surface area contributed by atoms with Crippen molar-refractivity contribution in [1.82, 2.24) is 5.32 Å². The van der Waals surface area contributed by atoms with Crippen molar-refractivity contribution in [1.29, 1.82) is 0 Å². The Labute approximate surface area is 198 Å². The van der Waals surface area contributed by atoms with Gasteiger partial charge in [-0.05, 0) is 71.2 Å². The average Bonchev–Trinajstić information content (AvgIpc) is 2.73. The van der Waals surface area contributed by atoms with Crippen LogP contribution in [0.15, 0.2) is 40.4 Å². The second kappa shape index (κ2) is 9.90. The van der Waals surface area contributed by atoms with Gasteiger partial charge in [-0.3, -0.25) is 14.9 Å². The fourth-order valence-corrected chi connectivity index (χ4v) is 3.80. The number of rotatable bonds is 6. The Morgan fingerprint density at radius 2 is 1.97 bits per heavy atom. The molecular weight excluding hydrogens is 500 g/mol. The van der Waals surface area contributed by atoms with Gasteiger partial charge in [-0.25, -0.2) is 9.69 Å². The van der Waals surface area contributed by atoms with E-state index in [1.807, 2.05) is 0 Å². The van der Waals surface area contributed by atoms with Crippen molar-refractivity contribution in [3.8, 4) is 23.8 Å². The Hall–Kier alpha value is -3.28. The van der Waals surface area contributed by atoms with E-state index >= 15 is 0 Å². The number of hydrogen-bond donors (Lipinski definition) is 1. The van der Waals surface area contributed by atoms with Crippen LogP contribution in [-0.2, 0) is 9.59 Å². The minimum absolute atomic E-state index is 0.0378. The lowest BCUT2D eigenvalue weighted by atomic mass is 10.1. The van der Waals surface area contributed by atoms with Crippen molar-refractivity contribution in [3.05, 3.63) is 56.5 Å². The molecule has 9 heteroatoms. The minimum atomic E-state index is -0.850. The summed E-state index contributed by atoms with van der Waals surface area (Å²) in [5.41, 5.74) is 1.18. The SMILES string of the molecule is C#CCOc1c(Br)cc(/C=C2\C(=O)NC(=O)N(c3cc(Cl)ccc3C)C2=O)cc1OCC. The van der Waals surface area contributed by atoms with Crippen molar-refractivity contribution in [3.63, 3.8) is 0 Å². The molecule has 0 unspecified atom stereocenters. The lowest BCUT2D eigenvalue weighted by Gasteiger charge is -2.27. The Kier molecular flexibility index (Phi) is 7.23. The molecule has 3 rings (SSSR count). The van der Waals surface area contributed by atoms with Crippen LogP contribution in [0.2, 0.25) is 5.02 Å². The Balaban J connectivity index is 2.06. The third-order valence-electron chi connectivity index (χ3n) is 4.46. The summed E-state index contributed by atoms with van der Waals surface area (Å²) in [4.78, 5) is 39.0. The highest BCUT2D eigenvalue weighted by Crippen LogP contribution is 2.38. The molecule has 0 bridgehead atoms. The highest BCUT2D eigenvalue weighted by atomic mass is 79.9. The standard InChI is InChI=1S/C23H18BrClN2O5/c1-4-8-32-20-17(24)10-14(11-19(20)31-5-2)9-16-21(28)26-23(30)27(22(16)29)18-12-15(25)7-6-13(18)3/h1,6-7,9-12H,5,8H2,2-3H3,(H,26,28,30)/b16-9+. The molecular formula is C23H18BrClN2O5. The molecule has 1 aliphatic rings. The van der Waals surface area contributed by atoms with Crippen LogP contribution >= 0.6 is 27.5 Å². The summed E-state index contributed by atoms with van der Waals surface area (Å²) < 4.78 is 11.7. The number of nitrogens with zero attached hydrogens (tertiary/aromatic N) is 1. The predicted octanol–water partition coefficient (Wildman–Crippen LogP) is 4.49. The van der Waals surface area contributed by atoms with Crippen LogP contribution in [0.25, 0.3) is 6.08 Å². The Morgan fingerprint density at radius 3 is 2.66 bits per heavy atom. The lowest BCUT2D eigenvalue weighted by Crippen LogP contribution is -2.54. The first-order valence-electron chi connectivity index (χ1n) is 9.47. The quantitative estimate of drug-likeness (QED) is 0.347. The summed E-state index contributed by atoms with van der Waals surface area (Å²) >= 11 is 9.45. The van der Waals surface area contributed by atoms with E-state index in [1.54, 1.807) is 38.1 Å². The maximum Gasteiger partial charge on any atom is 0.335 e. The van der Waals surface area contributed by atoms with Gasteiger partial charge in [0.1, 0.15) is 12.2 Å². The highest BCUT2D eigenvalue weighted by Gasteiger charge is 2.37. The van der Waals surface area contributed by atoms with Gasteiger partial charge in [0.25, 0.3) is 11.8 Å². The predicted molar refractivity (Wildman–Crippen MR) is 125 cm³/mol. The summed E-state index contributed by atoms with van der Waals surface area (Å²) in [6.07, 6.45) is 6.63. The van der Waals surface area contributed by atoms with Crippen LogP contribution in [0.1, 0.15) is 18.1 Å². The summed E-state index contributed by atoms with van der Waals surface area (Å²) in [7, 11) is 0. The average molecular weight is 518 g/mol. The smallest absolute Gasteiger partial charge is 0.335 e. The molecule has 0 radical (unpaired) electrons. The summed E-state index contributed by atoms with van der Waals surface area (Å²) in [5, 5.41) is 2.54. The fraction of sp³-hybridized carbons (Fsp3) is 0.174. The number of aryl methyl sites for hydroxylation is 1. The Morgan fingerprint density at radius 1 is 1.22 bits per heavy atom. The largest absolute Gasteiger partial charge is 0.490 e. The first-order valence-corrected chi connectivity index (χ1v) is 10.6. The summed E-state index contributed by atoms with van der Waals surface area (Å²) in [5.74, 6) is 1.58. The number of benzene rings is 2. The molecule has 7 nitrogen and oxygen atoms in total. The number of barbiturate groups is 1. The van der Waals surface area contributed by atoms with E-state index in [0.717, 1.165) is 4.90 Å². The topological polar surface area (TPSA) is 84.9 Å². The third-order valence-corrected chi connectivity index (χ3v) is 5.28. The van der Waals surface area contributed by atoms with Gasteiger partial charge in [-0.1, -0.05) is 23.6 Å². The number of carbonyl (C=O) groups excluding carboxylic acids is 3. The number of imide groups is 2. The molecule has 1 aliphatic heterocycles. The molecule has 0 aliphatic carbocycles. The van der Waals surface area contributed by atoms with E-state index in [9.17, 15) is 14.4 Å². The van der Waals surface area contributed by atoms with Crippen LogP contribution in [0, 0.1) is 19.3 Å². The number of ether oxygens (including phenoxy) is 2. The van der Waals surface area contributed by atoms with Crippen molar-refractivity contribution >= 4 is 57.1 Å².